The molecule has 492 valence electrons. The van der Waals surface area contributed by atoms with Crippen molar-refractivity contribution in [1.82, 2.24) is 5.32 Å². The highest BCUT2D eigenvalue weighted by molar-refractivity contribution is 7.47. The minimum absolute atomic E-state index is 0.0450. The lowest BCUT2D eigenvalue weighted by Gasteiger charge is -2.27. The lowest BCUT2D eigenvalue weighted by molar-refractivity contribution is -0.870. The summed E-state index contributed by atoms with van der Waals surface area (Å²) in [6.07, 6.45) is 77.7. The van der Waals surface area contributed by atoms with Crippen molar-refractivity contribution >= 4 is 19.7 Å². The van der Waals surface area contributed by atoms with Gasteiger partial charge in [0.15, 0.2) is 0 Å². The summed E-state index contributed by atoms with van der Waals surface area (Å²) < 4.78 is 30.9. The number of nitrogens with zero attached hydrogens (tertiary/aromatic N) is 1. The summed E-state index contributed by atoms with van der Waals surface area (Å²) >= 11 is 0. The van der Waals surface area contributed by atoms with E-state index in [0.29, 0.717) is 23.9 Å². The first-order valence-electron chi connectivity index (χ1n) is 36.7. The van der Waals surface area contributed by atoms with Gasteiger partial charge in [0.1, 0.15) is 19.3 Å². The molecule has 0 rings (SSSR count). The number of carbonyl (C=O) groups is 2. The average molecular weight is 1190 g/mol. The van der Waals surface area contributed by atoms with E-state index in [-0.39, 0.29) is 25.1 Å². The van der Waals surface area contributed by atoms with Crippen LogP contribution in [0.2, 0.25) is 0 Å². The maximum Gasteiger partial charge on any atom is 0.472 e. The molecule has 83 heavy (non-hydrogen) atoms. The van der Waals surface area contributed by atoms with E-state index in [1.54, 1.807) is 0 Å². The number of hydrogen-bond donors (Lipinski definition) is 2. The number of hydrogen-bond acceptors (Lipinski definition) is 6. The van der Waals surface area contributed by atoms with Gasteiger partial charge >= 0.3 is 13.8 Å². The molecule has 0 aromatic heterocycles. The zero-order valence-corrected chi connectivity index (χ0v) is 57.4. The second kappa shape index (κ2) is 63.5. The van der Waals surface area contributed by atoms with Crippen molar-refractivity contribution < 1.29 is 37.3 Å². The van der Waals surface area contributed by atoms with Gasteiger partial charge < -0.3 is 19.4 Å². The molecule has 0 saturated heterocycles. The Morgan fingerprint density at radius 3 is 1.02 bits per heavy atom. The first-order valence-corrected chi connectivity index (χ1v) is 38.2. The number of rotatable bonds is 68. The quantitative estimate of drug-likeness (QED) is 0.0205. The Morgan fingerprint density at radius 2 is 0.699 bits per heavy atom. The number of unbranched alkanes of at least 4 members (excludes halogenated alkanes) is 50. The molecule has 0 heterocycles. The normalized spacial score (nSPS) is 13.6. The molecular formula is C73H144N2O7P+. The van der Waals surface area contributed by atoms with E-state index in [2.05, 4.69) is 44.3 Å². The van der Waals surface area contributed by atoms with Gasteiger partial charge in [0.05, 0.1) is 33.8 Å². The predicted molar refractivity (Wildman–Crippen MR) is 360 cm³/mol. The summed E-state index contributed by atoms with van der Waals surface area (Å²) in [4.78, 5) is 37.9. The number of likely N-dealkylation sites (N-methyl/N-ethyl adjacent to an activating group) is 1. The van der Waals surface area contributed by atoms with Crippen molar-refractivity contribution in [2.75, 3.05) is 40.9 Å². The molecule has 0 aliphatic carbocycles. The summed E-state index contributed by atoms with van der Waals surface area (Å²) in [5, 5.41) is 3.08. The van der Waals surface area contributed by atoms with Gasteiger partial charge in [0.2, 0.25) is 5.91 Å². The van der Waals surface area contributed by atoms with E-state index in [1.807, 2.05) is 27.2 Å². The summed E-state index contributed by atoms with van der Waals surface area (Å²) in [6.45, 7) is 7.08. The van der Waals surface area contributed by atoms with E-state index < -0.39 is 20.0 Å². The molecule has 0 bridgehead atoms. The van der Waals surface area contributed by atoms with Crippen molar-refractivity contribution in [3.63, 3.8) is 0 Å². The largest absolute Gasteiger partial charge is 0.472 e. The number of phosphoric acid groups is 1. The third-order valence-corrected chi connectivity index (χ3v) is 17.9. The molecule has 1 amide bonds. The number of allylic oxidation sites excluding steroid dienone is 3. The SMILES string of the molecule is CCCCCCCC/C=C/CCCCCCCCCCCCCCCCCCCC(=O)OC(/C=C/CCCCCCCCCCCCC)C(COP(=O)(O)OCC[N+](C)(C)C)NC(=O)CCCCCCCCCCCCCCCCCCC. The number of nitrogens with one attached hydrogen (secondary N) is 1. The van der Waals surface area contributed by atoms with Crippen LogP contribution in [0.5, 0.6) is 0 Å². The Labute approximate surface area is 517 Å². The van der Waals surface area contributed by atoms with Crippen LogP contribution in [0.25, 0.3) is 0 Å². The second-order valence-corrected chi connectivity index (χ2v) is 27.9. The number of esters is 1. The fourth-order valence-corrected chi connectivity index (χ4v) is 12.0. The van der Waals surface area contributed by atoms with E-state index >= 15 is 0 Å². The Kier molecular flexibility index (Phi) is 62.4. The molecule has 2 N–H and O–H groups in total. The van der Waals surface area contributed by atoms with Gasteiger partial charge in [-0.3, -0.25) is 18.6 Å². The molecule has 10 heteroatoms. The minimum Gasteiger partial charge on any atom is -0.456 e. The van der Waals surface area contributed by atoms with E-state index in [1.165, 1.54) is 289 Å². The van der Waals surface area contributed by atoms with Gasteiger partial charge in [0, 0.05) is 12.8 Å². The van der Waals surface area contributed by atoms with Crippen molar-refractivity contribution in [2.24, 2.45) is 0 Å². The maximum absolute atomic E-state index is 13.6. The molecule has 9 nitrogen and oxygen atoms in total. The van der Waals surface area contributed by atoms with Gasteiger partial charge in [-0.05, 0) is 57.4 Å². The lowest BCUT2D eigenvalue weighted by Crippen LogP contribution is -2.47. The van der Waals surface area contributed by atoms with Crippen molar-refractivity contribution in [3.8, 4) is 0 Å². The molecule has 0 aromatic carbocycles. The van der Waals surface area contributed by atoms with Gasteiger partial charge in [-0.1, -0.05) is 334 Å². The first kappa shape index (κ1) is 81.5. The first-order chi connectivity index (χ1) is 40.4. The Morgan fingerprint density at radius 1 is 0.410 bits per heavy atom. The number of ether oxygens (including phenoxy) is 1. The Balaban J connectivity index is 4.98. The third kappa shape index (κ3) is 64.8. The highest BCUT2D eigenvalue weighted by Crippen LogP contribution is 2.43. The molecule has 0 saturated carbocycles. The number of amides is 1. The summed E-state index contributed by atoms with van der Waals surface area (Å²) in [6, 6.07) is -0.842. The average Bonchev–Trinajstić information content (AvgIpc) is 3.47. The van der Waals surface area contributed by atoms with Crippen LogP contribution < -0.4 is 5.32 Å². The fourth-order valence-electron chi connectivity index (χ4n) is 11.2. The standard InChI is InChI=1S/C73H143N2O7P/c1-7-10-13-16-19-22-25-28-30-32-33-34-35-36-37-38-39-40-41-43-45-48-51-54-57-60-63-66-73(77)82-71(64-61-58-55-52-49-46-27-24-21-18-15-12-9-3)70(69-81-83(78,79)80-68-67-75(4,5)6)74-72(76)65-62-59-56-53-50-47-44-42-31-29-26-23-20-17-14-11-8-2/h28,30,61,64,70-71H,7-27,29,31-60,62-63,65-69H2,1-6H3,(H-,74,76,78,79)/p+1/b30-28+,64-61+. The molecule has 0 radical (unpaired) electrons. The number of quaternary nitrogens is 1. The van der Waals surface area contributed by atoms with Crippen molar-refractivity contribution in [2.45, 2.75) is 392 Å². The predicted octanol–water partition coefficient (Wildman–Crippen LogP) is 23.2. The van der Waals surface area contributed by atoms with Crippen LogP contribution in [0.4, 0.5) is 0 Å². The molecule has 0 aliphatic heterocycles. The van der Waals surface area contributed by atoms with Gasteiger partial charge in [-0.25, -0.2) is 4.57 Å². The molecule has 0 aromatic rings. The highest BCUT2D eigenvalue weighted by Gasteiger charge is 2.30. The van der Waals surface area contributed by atoms with Crippen LogP contribution in [0, 0.1) is 0 Å². The van der Waals surface area contributed by atoms with Gasteiger partial charge in [-0.15, -0.1) is 0 Å². The smallest absolute Gasteiger partial charge is 0.456 e. The van der Waals surface area contributed by atoms with Gasteiger partial charge in [-0.2, -0.15) is 0 Å². The highest BCUT2D eigenvalue weighted by atomic mass is 31.2. The van der Waals surface area contributed by atoms with Crippen LogP contribution in [0.1, 0.15) is 380 Å². The van der Waals surface area contributed by atoms with E-state index in [9.17, 15) is 19.0 Å². The van der Waals surface area contributed by atoms with Crippen molar-refractivity contribution in [1.29, 1.82) is 0 Å². The molecule has 0 aliphatic rings. The van der Waals surface area contributed by atoms with E-state index in [0.717, 1.165) is 57.8 Å². The summed E-state index contributed by atoms with van der Waals surface area (Å²) in [7, 11) is 1.52. The monoisotopic (exact) mass is 1190 g/mol. The number of carbonyl (C=O) groups excluding carboxylic acids is 2. The zero-order valence-electron chi connectivity index (χ0n) is 56.5. The molecular weight excluding hydrogens is 1050 g/mol. The summed E-state index contributed by atoms with van der Waals surface area (Å²) in [5.41, 5.74) is 0. The Bertz CT molecular complexity index is 1470. The Hall–Kier alpha value is -1.51. The van der Waals surface area contributed by atoms with Crippen LogP contribution in [0.15, 0.2) is 24.3 Å². The maximum atomic E-state index is 13.6. The lowest BCUT2D eigenvalue weighted by atomic mass is 10.0. The molecule has 0 spiro atoms. The van der Waals surface area contributed by atoms with Crippen LogP contribution in [-0.4, -0.2) is 74.3 Å². The fraction of sp³-hybridized carbons (Fsp3) is 0.918. The van der Waals surface area contributed by atoms with Crippen LogP contribution in [0.3, 0.4) is 0 Å². The summed E-state index contributed by atoms with van der Waals surface area (Å²) in [5.74, 6) is -0.479. The molecule has 3 atom stereocenters. The van der Waals surface area contributed by atoms with Crippen LogP contribution >= 0.6 is 7.82 Å². The zero-order chi connectivity index (χ0) is 60.7. The molecule has 3 unspecified atom stereocenters. The van der Waals surface area contributed by atoms with Gasteiger partial charge in [0.25, 0.3) is 0 Å². The minimum atomic E-state index is -4.45. The molecule has 0 fully saturated rings. The topological polar surface area (TPSA) is 111 Å². The van der Waals surface area contributed by atoms with E-state index in [4.69, 9.17) is 13.8 Å². The van der Waals surface area contributed by atoms with Crippen LogP contribution in [-0.2, 0) is 27.9 Å². The van der Waals surface area contributed by atoms with Crippen molar-refractivity contribution in [3.05, 3.63) is 24.3 Å². The number of phosphoric ester groups is 1. The third-order valence-electron chi connectivity index (χ3n) is 16.9. The second-order valence-electron chi connectivity index (χ2n) is 26.5.